The molecular weight excluding hydrogens is 316 g/mol. The van der Waals surface area contributed by atoms with Gasteiger partial charge in [0.25, 0.3) is 0 Å². The van der Waals surface area contributed by atoms with Crippen LogP contribution in [0.25, 0.3) is 10.3 Å². The van der Waals surface area contributed by atoms with Crippen molar-refractivity contribution in [3.8, 4) is 0 Å². The van der Waals surface area contributed by atoms with Gasteiger partial charge in [0.15, 0.2) is 15.8 Å². The fraction of sp³-hybridized carbons (Fsp3) is 0.267. The maximum absolute atomic E-state index is 5.40. The molecule has 0 aliphatic heterocycles. The van der Waals surface area contributed by atoms with Crippen LogP contribution in [0.15, 0.2) is 34.9 Å². The van der Waals surface area contributed by atoms with Crippen LogP contribution in [0.5, 0.6) is 0 Å². The first-order valence-corrected chi connectivity index (χ1v) is 8.93. The molecule has 0 bridgehead atoms. The molecule has 2 heterocycles. The number of benzene rings is 1. The van der Waals surface area contributed by atoms with Crippen molar-refractivity contribution >= 4 is 45.0 Å². The number of thioether (sulfide) groups is 1. The molecule has 5 nitrogen and oxygen atoms in total. The summed E-state index contributed by atoms with van der Waals surface area (Å²) in [6, 6.07) is 8.16. The average Bonchev–Trinajstić information content (AvgIpc) is 2.98. The summed E-state index contributed by atoms with van der Waals surface area (Å²) in [4.78, 5) is 13.0. The highest BCUT2D eigenvalue weighted by molar-refractivity contribution is 8.00. The second-order valence-electron chi connectivity index (χ2n) is 4.52. The van der Waals surface area contributed by atoms with Crippen molar-refractivity contribution in [2.45, 2.75) is 17.9 Å². The number of rotatable bonds is 6. The molecule has 3 aromatic rings. The quantitative estimate of drug-likeness (QED) is 0.686. The second-order valence-corrected chi connectivity index (χ2v) is 6.57. The van der Waals surface area contributed by atoms with Gasteiger partial charge in [-0.1, -0.05) is 23.9 Å². The van der Waals surface area contributed by atoms with Gasteiger partial charge in [0.05, 0.1) is 6.61 Å². The molecule has 0 unspecified atom stereocenters. The highest BCUT2D eigenvalue weighted by Crippen LogP contribution is 2.32. The SMILES string of the molecule is CCOCc1ccc(Nc2ncnc3nc(SC)sc23)cc1. The van der Waals surface area contributed by atoms with Crippen LogP contribution in [0.3, 0.4) is 0 Å². The highest BCUT2D eigenvalue weighted by Gasteiger charge is 2.10. The topological polar surface area (TPSA) is 59.9 Å². The first kappa shape index (κ1) is 15.2. The molecule has 22 heavy (non-hydrogen) atoms. The number of thiazole rings is 1. The van der Waals surface area contributed by atoms with E-state index in [0.717, 1.165) is 38.4 Å². The van der Waals surface area contributed by atoms with Gasteiger partial charge in [-0.3, -0.25) is 0 Å². The van der Waals surface area contributed by atoms with Crippen LogP contribution in [0.2, 0.25) is 0 Å². The minimum absolute atomic E-state index is 0.639. The molecule has 3 rings (SSSR count). The average molecular weight is 332 g/mol. The summed E-state index contributed by atoms with van der Waals surface area (Å²) in [6.45, 7) is 3.36. The van der Waals surface area contributed by atoms with Crippen molar-refractivity contribution in [2.75, 3.05) is 18.2 Å². The molecule has 0 spiro atoms. The molecule has 0 fully saturated rings. The van der Waals surface area contributed by atoms with E-state index in [4.69, 9.17) is 4.74 Å². The predicted octanol–water partition coefficient (Wildman–Crippen LogP) is 4.09. The summed E-state index contributed by atoms with van der Waals surface area (Å²) in [7, 11) is 0. The fourth-order valence-corrected chi connectivity index (χ4v) is 3.41. The lowest BCUT2D eigenvalue weighted by atomic mass is 10.2. The molecule has 0 aliphatic rings. The van der Waals surface area contributed by atoms with Crippen molar-refractivity contribution < 1.29 is 4.74 Å². The molecule has 0 amide bonds. The van der Waals surface area contributed by atoms with E-state index < -0.39 is 0 Å². The Morgan fingerprint density at radius 1 is 1.23 bits per heavy atom. The minimum Gasteiger partial charge on any atom is -0.377 e. The predicted molar refractivity (Wildman–Crippen MR) is 92.0 cm³/mol. The van der Waals surface area contributed by atoms with Crippen LogP contribution in [0.1, 0.15) is 12.5 Å². The fourth-order valence-electron chi connectivity index (χ4n) is 1.95. The molecular formula is C15H16N4OS2. The van der Waals surface area contributed by atoms with Gasteiger partial charge in [-0.15, -0.1) is 11.3 Å². The number of hydrogen-bond donors (Lipinski definition) is 1. The zero-order valence-electron chi connectivity index (χ0n) is 12.4. The molecule has 0 aliphatic carbocycles. The van der Waals surface area contributed by atoms with Crippen molar-refractivity contribution in [3.63, 3.8) is 0 Å². The Bertz CT molecular complexity index is 758. The monoisotopic (exact) mass is 332 g/mol. The van der Waals surface area contributed by atoms with Crippen molar-refractivity contribution in [1.29, 1.82) is 0 Å². The second kappa shape index (κ2) is 7.04. The van der Waals surface area contributed by atoms with E-state index in [-0.39, 0.29) is 0 Å². The summed E-state index contributed by atoms with van der Waals surface area (Å²) in [5, 5.41) is 3.34. The number of anilines is 2. The van der Waals surface area contributed by atoms with E-state index in [0.29, 0.717) is 6.61 Å². The lowest BCUT2D eigenvalue weighted by Crippen LogP contribution is -1.96. The normalized spacial score (nSPS) is 11.0. The molecule has 0 atom stereocenters. The van der Waals surface area contributed by atoms with Gasteiger partial charge in [0.2, 0.25) is 0 Å². The van der Waals surface area contributed by atoms with Gasteiger partial charge in [-0.2, -0.15) is 0 Å². The smallest absolute Gasteiger partial charge is 0.176 e. The van der Waals surface area contributed by atoms with Crippen molar-refractivity contribution in [2.24, 2.45) is 0 Å². The summed E-state index contributed by atoms with van der Waals surface area (Å²) in [5.74, 6) is 0.792. The molecule has 0 saturated heterocycles. The van der Waals surface area contributed by atoms with Crippen LogP contribution in [0.4, 0.5) is 11.5 Å². The summed E-state index contributed by atoms with van der Waals surface area (Å²) < 4.78 is 7.37. The van der Waals surface area contributed by atoms with Crippen LogP contribution in [0, 0.1) is 0 Å². The van der Waals surface area contributed by atoms with E-state index in [2.05, 4.69) is 32.4 Å². The Balaban J connectivity index is 1.82. The molecule has 114 valence electrons. The first-order valence-electron chi connectivity index (χ1n) is 6.89. The number of aromatic nitrogens is 3. The minimum atomic E-state index is 0.639. The van der Waals surface area contributed by atoms with E-state index in [1.807, 2.05) is 25.3 Å². The van der Waals surface area contributed by atoms with E-state index in [9.17, 15) is 0 Å². The van der Waals surface area contributed by atoms with Gasteiger partial charge in [-0.25, -0.2) is 15.0 Å². The Hall–Kier alpha value is -1.70. The number of fused-ring (bicyclic) bond motifs is 1. The van der Waals surface area contributed by atoms with Gasteiger partial charge in [0, 0.05) is 12.3 Å². The van der Waals surface area contributed by atoms with Gasteiger partial charge >= 0.3 is 0 Å². The van der Waals surface area contributed by atoms with Crippen molar-refractivity contribution in [1.82, 2.24) is 15.0 Å². The molecule has 0 radical (unpaired) electrons. The number of ether oxygens (including phenoxy) is 1. The molecule has 1 aromatic carbocycles. The number of nitrogens with zero attached hydrogens (tertiary/aromatic N) is 3. The third-order valence-electron chi connectivity index (χ3n) is 3.04. The number of hydrogen-bond acceptors (Lipinski definition) is 7. The largest absolute Gasteiger partial charge is 0.377 e. The van der Waals surface area contributed by atoms with Gasteiger partial charge in [-0.05, 0) is 30.9 Å². The first-order chi connectivity index (χ1) is 10.8. The third kappa shape index (κ3) is 3.37. The standard InChI is InChI=1S/C15H16N4OS2/c1-3-20-8-10-4-6-11(7-5-10)18-13-12-14(17-9-16-13)19-15(21-2)22-12/h4-7,9H,3,8H2,1-2H3,(H,16,17,18). The van der Waals surface area contributed by atoms with Gasteiger partial charge < -0.3 is 10.1 Å². The van der Waals surface area contributed by atoms with Crippen LogP contribution >= 0.6 is 23.1 Å². The van der Waals surface area contributed by atoms with E-state index in [1.54, 1.807) is 23.1 Å². The lowest BCUT2D eigenvalue weighted by Gasteiger charge is -2.07. The summed E-state index contributed by atoms with van der Waals surface area (Å²) in [5.41, 5.74) is 2.88. The lowest BCUT2D eigenvalue weighted by molar-refractivity contribution is 0.134. The van der Waals surface area contributed by atoms with Gasteiger partial charge in [0.1, 0.15) is 11.0 Å². The van der Waals surface area contributed by atoms with E-state index >= 15 is 0 Å². The Morgan fingerprint density at radius 3 is 2.77 bits per heavy atom. The highest BCUT2D eigenvalue weighted by atomic mass is 32.2. The maximum atomic E-state index is 5.40. The Labute approximate surface area is 137 Å². The zero-order chi connectivity index (χ0) is 15.4. The Kier molecular flexibility index (Phi) is 4.87. The van der Waals surface area contributed by atoms with Crippen LogP contribution in [-0.2, 0) is 11.3 Å². The third-order valence-corrected chi connectivity index (χ3v) is 5.07. The van der Waals surface area contributed by atoms with E-state index in [1.165, 1.54) is 6.33 Å². The Morgan fingerprint density at radius 2 is 2.05 bits per heavy atom. The summed E-state index contributed by atoms with van der Waals surface area (Å²) in [6.07, 6.45) is 3.55. The zero-order valence-corrected chi connectivity index (χ0v) is 14.0. The molecule has 2 aromatic heterocycles. The van der Waals surface area contributed by atoms with Crippen LogP contribution in [-0.4, -0.2) is 27.8 Å². The summed E-state index contributed by atoms with van der Waals surface area (Å²) >= 11 is 3.22. The van der Waals surface area contributed by atoms with Crippen molar-refractivity contribution in [3.05, 3.63) is 36.2 Å². The molecule has 7 heteroatoms. The van der Waals surface area contributed by atoms with Crippen LogP contribution < -0.4 is 5.32 Å². The molecule has 0 saturated carbocycles. The number of nitrogens with one attached hydrogen (secondary N) is 1. The maximum Gasteiger partial charge on any atom is 0.176 e. The molecule has 1 N–H and O–H groups in total.